The van der Waals surface area contributed by atoms with Crippen LogP contribution in [0, 0.1) is 11.6 Å². The van der Waals surface area contributed by atoms with E-state index in [1.165, 1.54) is 6.26 Å². The van der Waals surface area contributed by atoms with E-state index >= 15 is 0 Å². The van der Waals surface area contributed by atoms with Gasteiger partial charge in [0.1, 0.15) is 11.6 Å². The first-order valence-electron chi connectivity index (χ1n) is 5.52. The SMILES string of the molecule is O=C(COc1ccc(F)cc1F)NCc1ccco1. The molecule has 1 heterocycles. The largest absolute Gasteiger partial charge is 0.481 e. The molecule has 1 N–H and O–H groups in total. The average Bonchev–Trinajstić information content (AvgIpc) is 2.88. The van der Waals surface area contributed by atoms with E-state index in [9.17, 15) is 13.6 Å². The molecule has 1 aromatic carbocycles. The van der Waals surface area contributed by atoms with E-state index in [0.29, 0.717) is 11.8 Å². The molecule has 0 aliphatic heterocycles. The molecule has 1 amide bonds. The number of ether oxygens (including phenoxy) is 1. The highest BCUT2D eigenvalue weighted by molar-refractivity contribution is 5.77. The molecule has 0 bridgehead atoms. The van der Waals surface area contributed by atoms with Crippen LogP contribution in [0.1, 0.15) is 5.76 Å². The Hall–Kier alpha value is -2.37. The van der Waals surface area contributed by atoms with Crippen LogP contribution >= 0.6 is 0 Å². The van der Waals surface area contributed by atoms with Gasteiger partial charge < -0.3 is 14.5 Å². The van der Waals surface area contributed by atoms with Crippen molar-refractivity contribution in [3.05, 3.63) is 54.0 Å². The number of halogens is 2. The molecule has 1 aromatic heterocycles. The minimum atomic E-state index is -0.848. The quantitative estimate of drug-likeness (QED) is 0.904. The number of carbonyl (C=O) groups excluding carboxylic acids is 1. The molecule has 0 spiro atoms. The van der Waals surface area contributed by atoms with Crippen molar-refractivity contribution in [3.8, 4) is 5.75 Å². The summed E-state index contributed by atoms with van der Waals surface area (Å²) in [5, 5.41) is 2.53. The van der Waals surface area contributed by atoms with Crippen molar-refractivity contribution < 1.29 is 22.7 Å². The molecule has 6 heteroatoms. The summed E-state index contributed by atoms with van der Waals surface area (Å²) in [7, 11) is 0. The van der Waals surface area contributed by atoms with Crippen molar-refractivity contribution in [1.82, 2.24) is 5.32 Å². The normalized spacial score (nSPS) is 10.2. The van der Waals surface area contributed by atoms with Crippen LogP contribution < -0.4 is 10.1 Å². The Morgan fingerprint density at radius 3 is 2.84 bits per heavy atom. The van der Waals surface area contributed by atoms with Gasteiger partial charge in [0.15, 0.2) is 18.2 Å². The summed E-state index contributed by atoms with van der Waals surface area (Å²) in [6.45, 7) is -0.135. The highest BCUT2D eigenvalue weighted by Gasteiger charge is 2.08. The topological polar surface area (TPSA) is 51.5 Å². The summed E-state index contributed by atoms with van der Waals surface area (Å²) in [5.41, 5.74) is 0. The Kier molecular flexibility index (Phi) is 4.12. The Bertz CT molecular complexity index is 555. The van der Waals surface area contributed by atoms with Gasteiger partial charge >= 0.3 is 0 Å². The maximum Gasteiger partial charge on any atom is 0.258 e. The minimum absolute atomic E-state index is 0.172. The molecule has 0 aliphatic rings. The van der Waals surface area contributed by atoms with Gasteiger partial charge in [0.25, 0.3) is 5.91 Å². The second-order valence-corrected chi connectivity index (χ2v) is 3.72. The van der Waals surface area contributed by atoms with Gasteiger partial charge in [-0.1, -0.05) is 0 Å². The second kappa shape index (κ2) is 5.99. The molecule has 0 fully saturated rings. The fourth-order valence-corrected chi connectivity index (χ4v) is 1.39. The van der Waals surface area contributed by atoms with E-state index in [1.54, 1.807) is 12.1 Å². The molecule has 100 valence electrons. The minimum Gasteiger partial charge on any atom is -0.481 e. The zero-order chi connectivity index (χ0) is 13.7. The van der Waals surface area contributed by atoms with Crippen LogP contribution in [-0.2, 0) is 11.3 Å². The van der Waals surface area contributed by atoms with Crippen LogP contribution in [0.3, 0.4) is 0 Å². The third-order valence-electron chi connectivity index (χ3n) is 2.29. The molecule has 4 nitrogen and oxygen atoms in total. The van der Waals surface area contributed by atoms with E-state index in [1.807, 2.05) is 0 Å². The summed E-state index contributed by atoms with van der Waals surface area (Å²) in [5.74, 6) is -1.55. The van der Waals surface area contributed by atoms with Crippen molar-refractivity contribution in [2.75, 3.05) is 6.61 Å². The number of rotatable bonds is 5. The van der Waals surface area contributed by atoms with Gasteiger partial charge in [-0.2, -0.15) is 0 Å². The molecule has 0 unspecified atom stereocenters. The summed E-state index contributed by atoms with van der Waals surface area (Å²) >= 11 is 0. The lowest BCUT2D eigenvalue weighted by Gasteiger charge is -2.07. The number of hydrogen-bond acceptors (Lipinski definition) is 3. The molecular formula is C13H11F2NO3. The van der Waals surface area contributed by atoms with E-state index < -0.39 is 17.5 Å². The standard InChI is InChI=1S/C13H11F2NO3/c14-9-3-4-12(11(15)6-9)19-8-13(17)16-7-10-2-1-5-18-10/h1-6H,7-8H2,(H,16,17). The van der Waals surface area contributed by atoms with Crippen molar-refractivity contribution in [2.24, 2.45) is 0 Å². The van der Waals surface area contributed by atoms with Gasteiger partial charge in [-0.05, 0) is 24.3 Å². The molecule has 0 atom stereocenters. The van der Waals surface area contributed by atoms with Crippen LogP contribution in [0.2, 0.25) is 0 Å². The van der Waals surface area contributed by atoms with Crippen molar-refractivity contribution in [3.63, 3.8) is 0 Å². The van der Waals surface area contributed by atoms with E-state index in [0.717, 1.165) is 12.1 Å². The number of hydrogen-bond donors (Lipinski definition) is 1. The third-order valence-corrected chi connectivity index (χ3v) is 2.29. The number of nitrogens with one attached hydrogen (secondary N) is 1. The molecule has 2 rings (SSSR count). The van der Waals surface area contributed by atoms with E-state index in [4.69, 9.17) is 9.15 Å². The molecule has 2 aromatic rings. The van der Waals surface area contributed by atoms with Gasteiger partial charge in [-0.15, -0.1) is 0 Å². The van der Waals surface area contributed by atoms with Crippen LogP contribution in [0.5, 0.6) is 5.75 Å². The number of benzene rings is 1. The van der Waals surface area contributed by atoms with Gasteiger partial charge in [-0.3, -0.25) is 4.79 Å². The highest BCUT2D eigenvalue weighted by Crippen LogP contribution is 2.17. The average molecular weight is 267 g/mol. The predicted octanol–water partition coefficient (Wildman–Crippen LogP) is 2.25. The van der Waals surface area contributed by atoms with Gasteiger partial charge in [0.2, 0.25) is 0 Å². The number of furan rings is 1. The molecule has 0 saturated heterocycles. The van der Waals surface area contributed by atoms with E-state index in [2.05, 4.69) is 5.32 Å². The number of carbonyl (C=O) groups is 1. The lowest BCUT2D eigenvalue weighted by Crippen LogP contribution is -2.28. The summed E-state index contributed by atoms with van der Waals surface area (Å²) in [6, 6.07) is 6.28. The van der Waals surface area contributed by atoms with Crippen molar-refractivity contribution in [2.45, 2.75) is 6.54 Å². The Morgan fingerprint density at radius 1 is 1.32 bits per heavy atom. The smallest absolute Gasteiger partial charge is 0.258 e. The van der Waals surface area contributed by atoms with Crippen molar-refractivity contribution in [1.29, 1.82) is 0 Å². The maximum atomic E-state index is 13.2. The second-order valence-electron chi connectivity index (χ2n) is 3.72. The Morgan fingerprint density at radius 2 is 2.16 bits per heavy atom. The number of amides is 1. The molecule has 19 heavy (non-hydrogen) atoms. The third kappa shape index (κ3) is 3.80. The van der Waals surface area contributed by atoms with Gasteiger partial charge in [-0.25, -0.2) is 8.78 Å². The first-order chi connectivity index (χ1) is 9.15. The summed E-state index contributed by atoms with van der Waals surface area (Å²) in [4.78, 5) is 11.4. The Balaban J connectivity index is 1.80. The predicted molar refractivity (Wildman–Crippen MR) is 62.4 cm³/mol. The zero-order valence-corrected chi connectivity index (χ0v) is 9.86. The monoisotopic (exact) mass is 267 g/mol. The van der Waals surface area contributed by atoms with Gasteiger partial charge in [0, 0.05) is 6.07 Å². The lowest BCUT2D eigenvalue weighted by molar-refractivity contribution is -0.123. The molecule has 0 saturated carbocycles. The van der Waals surface area contributed by atoms with Crippen LogP contribution in [0.15, 0.2) is 41.0 Å². The highest BCUT2D eigenvalue weighted by atomic mass is 19.1. The van der Waals surface area contributed by atoms with E-state index in [-0.39, 0.29) is 18.9 Å². The van der Waals surface area contributed by atoms with Crippen LogP contribution in [-0.4, -0.2) is 12.5 Å². The first kappa shape index (κ1) is 13.1. The lowest BCUT2D eigenvalue weighted by atomic mass is 10.3. The molecule has 0 radical (unpaired) electrons. The molecular weight excluding hydrogens is 256 g/mol. The fourth-order valence-electron chi connectivity index (χ4n) is 1.39. The van der Waals surface area contributed by atoms with Crippen molar-refractivity contribution >= 4 is 5.91 Å². The summed E-state index contributed by atoms with van der Waals surface area (Å²) in [6.07, 6.45) is 1.49. The Labute approximate surface area is 108 Å². The summed E-state index contributed by atoms with van der Waals surface area (Å²) < 4.78 is 35.8. The zero-order valence-electron chi connectivity index (χ0n) is 9.86. The van der Waals surface area contributed by atoms with Gasteiger partial charge in [0.05, 0.1) is 12.8 Å². The maximum absolute atomic E-state index is 13.2. The first-order valence-corrected chi connectivity index (χ1v) is 5.52. The molecule has 0 aliphatic carbocycles. The van der Waals surface area contributed by atoms with Crippen LogP contribution in [0.4, 0.5) is 8.78 Å². The van der Waals surface area contributed by atoms with Crippen LogP contribution in [0.25, 0.3) is 0 Å². The fraction of sp³-hybridized carbons (Fsp3) is 0.154.